The Kier molecular flexibility index (Phi) is 41.9. The zero-order valence-electron chi connectivity index (χ0n) is 49.8. The number of urea groups is 5. The molecule has 0 rings (SSSR count). The molecule has 0 aliphatic carbocycles. The summed E-state index contributed by atoms with van der Waals surface area (Å²) in [6, 6.07) is -5.42. The Hall–Kier alpha value is -5.62. The topological polar surface area (TPSA) is 288 Å². The Balaban J connectivity index is 7.90. The molecule has 0 aromatic carbocycles. The predicted molar refractivity (Wildman–Crippen MR) is 290 cm³/mol. The number of amides is 15. The van der Waals surface area contributed by atoms with Crippen molar-refractivity contribution in [2.24, 2.45) is 0 Å². The summed E-state index contributed by atoms with van der Waals surface area (Å²) in [5, 5.41) is 11.0. The molecule has 0 aromatic rings. The number of ether oxygens (including phenoxy) is 7. The molecule has 0 aliphatic rings. The van der Waals surface area contributed by atoms with Crippen molar-refractivity contribution in [2.75, 3.05) is 120 Å². The van der Waals surface area contributed by atoms with Gasteiger partial charge in [0.2, 0.25) is 23.6 Å². The summed E-state index contributed by atoms with van der Waals surface area (Å²) < 4.78 is 39.0. The average molecular weight is 1150 g/mol. The van der Waals surface area contributed by atoms with E-state index in [4.69, 9.17) is 33.2 Å². The van der Waals surface area contributed by atoms with Gasteiger partial charge in [0.15, 0.2) is 6.73 Å². The summed E-state index contributed by atoms with van der Waals surface area (Å²) >= 11 is 0. The van der Waals surface area contributed by atoms with Gasteiger partial charge in [-0.05, 0) is 66.7 Å². The van der Waals surface area contributed by atoms with Crippen molar-refractivity contribution in [2.45, 2.75) is 159 Å². The van der Waals surface area contributed by atoms with Crippen LogP contribution < -0.4 is 0 Å². The lowest BCUT2D eigenvalue weighted by Gasteiger charge is -2.35. The van der Waals surface area contributed by atoms with Gasteiger partial charge in [0.05, 0.1) is 0 Å². The Morgan fingerprint density at radius 2 is 0.688 bits per heavy atom. The van der Waals surface area contributed by atoms with Gasteiger partial charge in [0.25, 0.3) is 5.91 Å². The quantitative estimate of drug-likeness (QED) is 0.0291. The second-order valence-electron chi connectivity index (χ2n) is 18.0. The molecule has 462 valence electrons. The van der Waals surface area contributed by atoms with E-state index in [1.165, 1.54) is 0 Å². The van der Waals surface area contributed by atoms with E-state index in [9.17, 15) is 48.4 Å². The van der Waals surface area contributed by atoms with Crippen LogP contribution in [0.4, 0.5) is 24.0 Å². The van der Waals surface area contributed by atoms with Crippen LogP contribution in [0.2, 0.25) is 0 Å². The third-order valence-electron chi connectivity index (χ3n) is 11.6. The molecule has 0 bridgehead atoms. The molecular weight excluding hydrogens is 1050 g/mol. The molecule has 28 heteroatoms. The summed E-state index contributed by atoms with van der Waals surface area (Å²) in [6.45, 7) is 11.8. The van der Waals surface area contributed by atoms with Crippen molar-refractivity contribution in [1.29, 1.82) is 0 Å². The molecule has 0 unspecified atom stereocenters. The van der Waals surface area contributed by atoms with E-state index in [-0.39, 0.29) is 104 Å². The first kappa shape index (κ1) is 74.4. The molecule has 0 saturated heterocycles. The smallest absolute Gasteiger partial charge is 0.349 e. The van der Waals surface area contributed by atoms with Crippen molar-refractivity contribution in [3.05, 3.63) is 0 Å². The first-order valence-corrected chi connectivity index (χ1v) is 28.0. The predicted octanol–water partition coefficient (Wildman–Crippen LogP) is 6.61. The molecule has 15 amide bonds. The minimum absolute atomic E-state index is 0.0505. The second kappa shape index (κ2) is 45.0. The SMILES string of the molecule is CCCCOCN(COCC)C(=O)N(COCN(COCN(O)C(=O)N(COCC)COCC)C(=O)N(CN(C(=O)CN(C(=O)CCCC)C(=O)N(CC)COCC)C(=O)N(C)C(=O)CCCC)C(=O)CCCC)C(=O)CCCC. The number of rotatable bonds is 42. The third-order valence-corrected chi connectivity index (χ3v) is 11.6. The zero-order chi connectivity index (χ0) is 60.4. The van der Waals surface area contributed by atoms with Crippen LogP contribution >= 0.6 is 0 Å². The number of carbonyl (C=O) groups excluding carboxylic acids is 10. The van der Waals surface area contributed by atoms with Gasteiger partial charge < -0.3 is 38.1 Å². The number of hydrogen-bond donors (Lipinski definition) is 1. The Bertz CT molecular complexity index is 1850. The summed E-state index contributed by atoms with van der Waals surface area (Å²) in [4.78, 5) is 148. The number of unbranched alkanes of at least 4 members (excludes halogenated alkanes) is 5. The first-order chi connectivity index (χ1) is 38.3. The maximum Gasteiger partial charge on any atom is 0.349 e. The monoisotopic (exact) mass is 1150 g/mol. The van der Waals surface area contributed by atoms with Gasteiger partial charge >= 0.3 is 30.2 Å². The van der Waals surface area contributed by atoms with Gasteiger partial charge in [-0.15, -0.1) is 0 Å². The molecule has 28 nitrogen and oxygen atoms in total. The fourth-order valence-electron chi connectivity index (χ4n) is 6.69. The molecule has 0 saturated carbocycles. The Labute approximate surface area is 473 Å². The number of hydroxylamine groups is 2. The van der Waals surface area contributed by atoms with Crippen LogP contribution in [-0.4, -0.2) is 234 Å². The number of nitrogens with zero attached hydrogens (tertiary/aromatic N) is 10. The fourth-order valence-corrected chi connectivity index (χ4v) is 6.69. The number of imide groups is 5. The van der Waals surface area contributed by atoms with Crippen LogP contribution in [0.1, 0.15) is 159 Å². The lowest BCUT2D eigenvalue weighted by Crippen LogP contribution is -2.59. The summed E-state index contributed by atoms with van der Waals surface area (Å²) in [7, 11) is 1.10. The van der Waals surface area contributed by atoms with Gasteiger partial charge in [0, 0.05) is 72.3 Å². The second-order valence-corrected chi connectivity index (χ2v) is 18.0. The Morgan fingerprint density at radius 3 is 1.14 bits per heavy atom. The fraction of sp³-hybridized carbons (Fsp3) is 0.808. The van der Waals surface area contributed by atoms with Crippen molar-refractivity contribution >= 4 is 59.7 Å². The van der Waals surface area contributed by atoms with E-state index in [2.05, 4.69) is 0 Å². The molecule has 0 aromatic heterocycles. The van der Waals surface area contributed by atoms with E-state index < -0.39 is 99.8 Å². The number of carbonyl (C=O) groups is 10. The van der Waals surface area contributed by atoms with Gasteiger partial charge in [-0.3, -0.25) is 53.7 Å². The number of hydrogen-bond acceptors (Lipinski definition) is 18. The molecular formula is C52H96N10O18. The van der Waals surface area contributed by atoms with E-state index in [0.717, 1.165) is 38.0 Å². The van der Waals surface area contributed by atoms with E-state index in [0.29, 0.717) is 77.6 Å². The van der Waals surface area contributed by atoms with E-state index in [1.54, 1.807) is 41.5 Å². The highest BCUT2D eigenvalue weighted by Gasteiger charge is 2.38. The van der Waals surface area contributed by atoms with Crippen LogP contribution in [-0.2, 0) is 57.1 Å². The normalized spacial score (nSPS) is 10.9. The molecule has 0 fully saturated rings. The van der Waals surface area contributed by atoms with Crippen LogP contribution in [0.15, 0.2) is 0 Å². The molecule has 0 radical (unpaired) electrons. The highest BCUT2D eigenvalue weighted by Crippen LogP contribution is 2.16. The van der Waals surface area contributed by atoms with Crippen LogP contribution in [0.3, 0.4) is 0 Å². The average Bonchev–Trinajstić information content (AvgIpc) is 3.46. The molecule has 0 heterocycles. The minimum Gasteiger partial charge on any atom is -0.361 e. The summed E-state index contributed by atoms with van der Waals surface area (Å²) in [6.07, 6.45) is 4.24. The van der Waals surface area contributed by atoms with Crippen molar-refractivity contribution in [1.82, 2.24) is 49.2 Å². The van der Waals surface area contributed by atoms with Gasteiger partial charge in [-0.2, -0.15) is 5.06 Å². The standard InChI is InChI=1S/C52H96N10O18/c1-12-22-27-43(63)53(11)48(68)60(47(67)32-58(44(64)28-23-13-2)49(69)54(17-6)34-74-18-7)33-59(45(65)29-24-14-3)50(70)56(40-80-42-62(73)52(72)57(36-76-20-9)37-77-21-10)39-79-41-61(46(66)30-25-15-4)51(71)55(35-75-19-8)38-78-31-26-16-5/h73H,12-42H2,1-11H3. The van der Waals surface area contributed by atoms with Crippen LogP contribution in [0.5, 0.6) is 0 Å². The molecule has 0 aliphatic heterocycles. The highest BCUT2D eigenvalue weighted by molar-refractivity contribution is 6.06. The van der Waals surface area contributed by atoms with Crippen molar-refractivity contribution in [3.63, 3.8) is 0 Å². The molecule has 80 heavy (non-hydrogen) atoms. The van der Waals surface area contributed by atoms with E-state index >= 15 is 4.79 Å². The maximum absolute atomic E-state index is 15.1. The van der Waals surface area contributed by atoms with Crippen molar-refractivity contribution in [3.8, 4) is 0 Å². The summed E-state index contributed by atoms with van der Waals surface area (Å²) in [5.74, 6) is -4.35. The van der Waals surface area contributed by atoms with Gasteiger partial charge in [0.1, 0.15) is 67.1 Å². The lowest BCUT2D eigenvalue weighted by molar-refractivity contribution is -0.157. The van der Waals surface area contributed by atoms with Gasteiger partial charge in [-0.1, -0.05) is 66.7 Å². The van der Waals surface area contributed by atoms with Gasteiger partial charge in [-0.25, -0.2) is 38.7 Å². The maximum atomic E-state index is 15.1. The highest BCUT2D eigenvalue weighted by atomic mass is 16.6. The molecule has 0 spiro atoms. The Morgan fingerprint density at radius 1 is 0.338 bits per heavy atom. The van der Waals surface area contributed by atoms with Crippen LogP contribution in [0.25, 0.3) is 0 Å². The molecule has 1 N–H and O–H groups in total. The minimum atomic E-state index is -1.31. The largest absolute Gasteiger partial charge is 0.361 e. The molecule has 0 atom stereocenters. The van der Waals surface area contributed by atoms with Crippen LogP contribution in [0, 0.1) is 0 Å². The lowest BCUT2D eigenvalue weighted by atomic mass is 10.2. The first-order valence-electron chi connectivity index (χ1n) is 28.0. The third kappa shape index (κ3) is 28.2. The zero-order valence-corrected chi connectivity index (χ0v) is 49.8. The summed E-state index contributed by atoms with van der Waals surface area (Å²) in [5.41, 5.74) is 0. The van der Waals surface area contributed by atoms with E-state index in [1.807, 2.05) is 27.7 Å². The van der Waals surface area contributed by atoms with Crippen molar-refractivity contribution < 1.29 is 86.3 Å².